The summed E-state index contributed by atoms with van der Waals surface area (Å²) in [5, 5.41) is 0. The second-order valence-electron chi connectivity index (χ2n) is 12.0. The van der Waals surface area contributed by atoms with Gasteiger partial charge in [-0.1, -0.05) is 62.0 Å². The molecule has 0 spiro atoms. The van der Waals surface area contributed by atoms with Crippen LogP contribution in [0, 0.1) is 11.8 Å². The van der Waals surface area contributed by atoms with Gasteiger partial charge in [0.1, 0.15) is 6.10 Å². The summed E-state index contributed by atoms with van der Waals surface area (Å²) in [6, 6.07) is 0. The Morgan fingerprint density at radius 2 is 1.64 bits per heavy atom. The third kappa shape index (κ3) is 13.3. The number of carbonyl (C=O) groups excluding carboxylic acids is 3. The molecule has 44 heavy (non-hydrogen) atoms. The Labute approximate surface area is 261 Å². The Bertz CT molecular complexity index is 1250. The number of ether oxygens (including phenoxy) is 4. The van der Waals surface area contributed by atoms with Crippen LogP contribution in [0.2, 0.25) is 0 Å². The lowest BCUT2D eigenvalue weighted by atomic mass is 9.89. The van der Waals surface area contributed by atoms with E-state index in [-0.39, 0.29) is 43.0 Å². The van der Waals surface area contributed by atoms with Crippen LogP contribution in [0.5, 0.6) is 0 Å². The minimum atomic E-state index is -3.58. The summed E-state index contributed by atoms with van der Waals surface area (Å²) in [5.41, 5.74) is 0.896. The van der Waals surface area contributed by atoms with E-state index in [0.717, 1.165) is 37.5 Å². The molecule has 0 aromatic carbocycles. The molecule has 0 radical (unpaired) electrons. The van der Waals surface area contributed by atoms with E-state index in [1.165, 1.54) is 13.2 Å². The fourth-order valence-corrected chi connectivity index (χ4v) is 6.24. The number of cyclic esters (lactones) is 1. The van der Waals surface area contributed by atoms with E-state index in [9.17, 15) is 22.8 Å². The molecule has 2 fully saturated rings. The number of allylic oxidation sites excluding steroid dienone is 5. The van der Waals surface area contributed by atoms with E-state index in [2.05, 4.69) is 19.1 Å². The van der Waals surface area contributed by atoms with Crippen LogP contribution < -0.4 is 4.72 Å². The molecular formula is C33H47NO9S. The fourth-order valence-electron chi connectivity index (χ4n) is 5.74. The quantitative estimate of drug-likeness (QED) is 0.184. The molecule has 0 saturated carbocycles. The van der Waals surface area contributed by atoms with Gasteiger partial charge in [0.25, 0.3) is 0 Å². The van der Waals surface area contributed by atoms with Crippen molar-refractivity contribution >= 4 is 27.9 Å². The first-order chi connectivity index (χ1) is 20.9. The van der Waals surface area contributed by atoms with Crippen LogP contribution in [0.15, 0.2) is 60.3 Å². The second kappa shape index (κ2) is 17.5. The molecule has 4 bridgehead atoms. The van der Waals surface area contributed by atoms with Crippen LogP contribution in [-0.4, -0.2) is 70.1 Å². The number of esters is 2. The van der Waals surface area contributed by atoms with Gasteiger partial charge < -0.3 is 18.9 Å². The van der Waals surface area contributed by atoms with Gasteiger partial charge in [-0.3, -0.25) is 14.3 Å². The van der Waals surface area contributed by atoms with Gasteiger partial charge in [-0.2, -0.15) is 0 Å². The van der Waals surface area contributed by atoms with Gasteiger partial charge in [-0.15, -0.1) is 0 Å². The standard InChI is InChI=1S/C33H47NO9S/c1-23-15-16-24(2)30(13-8-6-5-7-9-14-31(35)34-44(4,38)39)43-33(37)22-29-19-25(20-32(36)40-3)18-28(42-29)21-27-12-10-11-26(17-23)41-27/h5-9,13,15-16,20,23-24,26-30H,10-12,14,17-19,21-22H2,1-4H3,(H,34,35)/b6-5-,9-7+,13-8+,16-15+,25-20-. The molecule has 244 valence electrons. The normalized spacial score (nSPS) is 32.5. The number of hydrogen-bond donors (Lipinski definition) is 1. The highest BCUT2D eigenvalue weighted by Gasteiger charge is 2.33. The zero-order valence-corrected chi connectivity index (χ0v) is 27.0. The molecule has 7 unspecified atom stereocenters. The number of methoxy groups -OCH3 is 1. The molecule has 0 aromatic heterocycles. The van der Waals surface area contributed by atoms with Crippen LogP contribution in [0.1, 0.15) is 71.6 Å². The maximum Gasteiger partial charge on any atom is 0.330 e. The lowest BCUT2D eigenvalue weighted by Gasteiger charge is -2.37. The van der Waals surface area contributed by atoms with Crippen LogP contribution in [-0.2, 0) is 43.4 Å². The predicted molar refractivity (Wildman–Crippen MR) is 167 cm³/mol. The highest BCUT2D eigenvalue weighted by molar-refractivity contribution is 7.89. The first kappa shape index (κ1) is 35.5. The number of rotatable bonds is 7. The third-order valence-corrected chi connectivity index (χ3v) is 8.38. The summed E-state index contributed by atoms with van der Waals surface area (Å²) < 4.78 is 47.8. The molecule has 0 aromatic rings. The second-order valence-corrected chi connectivity index (χ2v) is 13.7. The summed E-state index contributed by atoms with van der Waals surface area (Å²) in [5.74, 6) is -1.25. The molecule has 0 aliphatic carbocycles. The molecule has 1 amide bonds. The van der Waals surface area contributed by atoms with Crippen LogP contribution in [0.4, 0.5) is 0 Å². The summed E-state index contributed by atoms with van der Waals surface area (Å²) in [4.78, 5) is 36.8. The number of amides is 1. The summed E-state index contributed by atoms with van der Waals surface area (Å²) >= 11 is 0. The minimum absolute atomic E-state index is 0.0501. The molecule has 3 heterocycles. The van der Waals surface area contributed by atoms with E-state index >= 15 is 0 Å². The number of nitrogens with one attached hydrogen (secondary N) is 1. The topological polar surface area (TPSA) is 134 Å². The summed E-state index contributed by atoms with van der Waals surface area (Å²) in [7, 11) is -2.24. The fraction of sp³-hybridized carbons (Fsp3) is 0.606. The Balaban J connectivity index is 1.74. The van der Waals surface area contributed by atoms with Crippen LogP contribution in [0.25, 0.3) is 0 Å². The monoisotopic (exact) mass is 633 g/mol. The first-order valence-electron chi connectivity index (χ1n) is 15.4. The predicted octanol–water partition coefficient (Wildman–Crippen LogP) is 4.63. The molecule has 3 aliphatic rings. The van der Waals surface area contributed by atoms with Gasteiger partial charge >= 0.3 is 11.9 Å². The maximum atomic E-state index is 13.2. The minimum Gasteiger partial charge on any atom is -0.466 e. The van der Waals surface area contributed by atoms with Crippen molar-refractivity contribution in [2.75, 3.05) is 13.4 Å². The van der Waals surface area contributed by atoms with Crippen molar-refractivity contribution in [2.45, 2.75) is 102 Å². The molecular weight excluding hydrogens is 586 g/mol. The van der Waals surface area contributed by atoms with Gasteiger partial charge in [-0.05, 0) is 50.5 Å². The summed E-state index contributed by atoms with van der Waals surface area (Å²) in [6.45, 7) is 4.16. The molecule has 10 nitrogen and oxygen atoms in total. The van der Waals surface area contributed by atoms with Gasteiger partial charge in [0.05, 0.1) is 44.2 Å². The van der Waals surface area contributed by atoms with Crippen molar-refractivity contribution in [3.05, 3.63) is 60.3 Å². The molecule has 1 N–H and O–H groups in total. The molecule has 7 atom stereocenters. The van der Waals surface area contributed by atoms with Crippen molar-refractivity contribution in [1.29, 1.82) is 0 Å². The molecule has 11 heteroatoms. The highest BCUT2D eigenvalue weighted by Crippen LogP contribution is 2.33. The Hall–Kier alpha value is -3.02. The van der Waals surface area contributed by atoms with Gasteiger partial charge in [0, 0.05) is 24.8 Å². The third-order valence-electron chi connectivity index (χ3n) is 7.78. The van der Waals surface area contributed by atoms with Crippen molar-refractivity contribution in [3.63, 3.8) is 0 Å². The molecule has 2 saturated heterocycles. The SMILES string of the molecule is COC(=O)/C=C1\CC2CC(=O)OC(/C=C/C=C\C=C\CC(=O)NS(C)(=O)=O)C(C)/C=C/C(C)CC3CCCC(CC(C1)O2)O3. The van der Waals surface area contributed by atoms with E-state index in [1.807, 2.05) is 17.7 Å². The van der Waals surface area contributed by atoms with Crippen molar-refractivity contribution in [2.24, 2.45) is 11.8 Å². The Morgan fingerprint density at radius 1 is 0.955 bits per heavy atom. The number of fused-ring (bicyclic) bond motifs is 4. The zero-order chi connectivity index (χ0) is 32.1. The largest absolute Gasteiger partial charge is 0.466 e. The van der Waals surface area contributed by atoms with E-state index in [4.69, 9.17) is 18.9 Å². The average molecular weight is 634 g/mol. The smallest absolute Gasteiger partial charge is 0.330 e. The van der Waals surface area contributed by atoms with Gasteiger partial charge in [-0.25, -0.2) is 13.2 Å². The Morgan fingerprint density at radius 3 is 2.36 bits per heavy atom. The highest BCUT2D eigenvalue weighted by atomic mass is 32.2. The molecule has 3 aliphatic heterocycles. The van der Waals surface area contributed by atoms with E-state index < -0.39 is 40.1 Å². The lowest BCUT2D eigenvalue weighted by Crippen LogP contribution is -2.37. The van der Waals surface area contributed by atoms with Gasteiger partial charge in [0.15, 0.2) is 0 Å². The molecule has 3 rings (SSSR count). The van der Waals surface area contributed by atoms with E-state index in [0.29, 0.717) is 19.3 Å². The summed E-state index contributed by atoms with van der Waals surface area (Å²) in [6.07, 6.45) is 21.7. The number of carbonyl (C=O) groups is 3. The van der Waals surface area contributed by atoms with Gasteiger partial charge in [0.2, 0.25) is 15.9 Å². The maximum absolute atomic E-state index is 13.2. The van der Waals surface area contributed by atoms with Crippen LogP contribution in [0.3, 0.4) is 0 Å². The van der Waals surface area contributed by atoms with E-state index in [1.54, 1.807) is 30.4 Å². The number of sulfonamides is 1. The van der Waals surface area contributed by atoms with Crippen molar-refractivity contribution in [1.82, 2.24) is 4.72 Å². The zero-order valence-electron chi connectivity index (χ0n) is 26.2. The lowest BCUT2D eigenvalue weighted by molar-refractivity contribution is -0.154. The number of hydrogen-bond acceptors (Lipinski definition) is 9. The first-order valence-corrected chi connectivity index (χ1v) is 17.3. The average Bonchev–Trinajstić information content (AvgIpc) is 2.93. The Kier molecular flexibility index (Phi) is 14.1. The van der Waals surface area contributed by atoms with Crippen LogP contribution >= 0.6 is 0 Å². The van der Waals surface area contributed by atoms with Crippen molar-refractivity contribution < 1.29 is 41.7 Å². The van der Waals surface area contributed by atoms with Crippen molar-refractivity contribution in [3.8, 4) is 0 Å².